The van der Waals surface area contributed by atoms with Crippen LogP contribution in [0.25, 0.3) is 0 Å². The number of fused-ring (bicyclic) bond motifs is 1. The van der Waals surface area contributed by atoms with Gasteiger partial charge in [-0.3, -0.25) is 5.43 Å². The highest BCUT2D eigenvalue weighted by molar-refractivity contribution is 7.80. The lowest BCUT2D eigenvalue weighted by atomic mass is 10.1. The number of nitrogens with zero attached hydrogens (tertiary/aromatic N) is 4. The second-order valence-corrected chi connectivity index (χ2v) is 7.72. The third kappa shape index (κ3) is 4.05. The van der Waals surface area contributed by atoms with E-state index < -0.39 is 0 Å². The van der Waals surface area contributed by atoms with Gasteiger partial charge >= 0.3 is 0 Å². The molecule has 28 heavy (non-hydrogen) atoms. The van der Waals surface area contributed by atoms with Gasteiger partial charge in [0.05, 0.1) is 17.3 Å². The summed E-state index contributed by atoms with van der Waals surface area (Å²) in [4.78, 5) is 8.93. The standard InChI is InChI=1S/C20H22ClN5OS/c1-14-13-25(16-5-3-2-4-6-16)8-9-26(14)20(28)24-23-17-7-10-27-18-11-15(21)12-22-19(17)18/h2-6,11-12,14H,7-10,13H2,1H3,(H,24,28)/b23-17-. The van der Waals surface area contributed by atoms with Gasteiger partial charge in [-0.2, -0.15) is 5.10 Å². The van der Waals surface area contributed by atoms with Crippen LogP contribution in [0.1, 0.15) is 19.0 Å². The molecule has 0 spiro atoms. The first kappa shape index (κ1) is 19.0. The van der Waals surface area contributed by atoms with Crippen molar-refractivity contribution in [1.29, 1.82) is 0 Å². The molecule has 1 unspecified atom stereocenters. The van der Waals surface area contributed by atoms with Crippen LogP contribution in [0.2, 0.25) is 5.02 Å². The van der Waals surface area contributed by atoms with Gasteiger partial charge in [0.2, 0.25) is 0 Å². The van der Waals surface area contributed by atoms with Crippen molar-refractivity contribution in [1.82, 2.24) is 15.3 Å². The van der Waals surface area contributed by atoms with Gasteiger partial charge in [0.25, 0.3) is 0 Å². The largest absolute Gasteiger partial charge is 0.491 e. The Morgan fingerprint density at radius 1 is 1.32 bits per heavy atom. The van der Waals surface area contributed by atoms with Gasteiger partial charge in [-0.05, 0) is 31.3 Å². The minimum Gasteiger partial charge on any atom is -0.491 e. The lowest BCUT2D eigenvalue weighted by Gasteiger charge is -2.41. The Morgan fingerprint density at radius 2 is 2.14 bits per heavy atom. The second kappa shape index (κ2) is 8.32. The molecule has 1 fully saturated rings. The number of rotatable bonds is 2. The Bertz CT molecular complexity index is 891. The van der Waals surface area contributed by atoms with Crippen molar-refractivity contribution < 1.29 is 4.74 Å². The van der Waals surface area contributed by atoms with Crippen molar-refractivity contribution in [2.24, 2.45) is 5.10 Å². The zero-order valence-corrected chi connectivity index (χ0v) is 17.2. The molecule has 1 aromatic heterocycles. The lowest BCUT2D eigenvalue weighted by molar-refractivity contribution is 0.294. The van der Waals surface area contributed by atoms with E-state index in [9.17, 15) is 0 Å². The van der Waals surface area contributed by atoms with Crippen LogP contribution >= 0.6 is 23.8 Å². The van der Waals surface area contributed by atoms with Crippen LogP contribution in [-0.2, 0) is 0 Å². The fraction of sp³-hybridized carbons (Fsp3) is 0.350. The number of para-hydroxylation sites is 1. The maximum absolute atomic E-state index is 6.00. The number of ether oxygens (including phenoxy) is 1. The van der Waals surface area contributed by atoms with Gasteiger partial charge in [0.15, 0.2) is 5.11 Å². The molecule has 1 aromatic carbocycles. The zero-order chi connectivity index (χ0) is 19.5. The van der Waals surface area contributed by atoms with Crippen LogP contribution in [0.15, 0.2) is 47.7 Å². The van der Waals surface area contributed by atoms with Crippen LogP contribution in [0, 0.1) is 0 Å². The fourth-order valence-corrected chi connectivity index (χ4v) is 4.01. The number of halogens is 1. The van der Waals surface area contributed by atoms with Gasteiger partial charge in [-0.15, -0.1) is 0 Å². The summed E-state index contributed by atoms with van der Waals surface area (Å²) in [6, 6.07) is 12.5. The molecule has 3 heterocycles. The summed E-state index contributed by atoms with van der Waals surface area (Å²) in [5.74, 6) is 0.662. The van der Waals surface area contributed by atoms with E-state index in [-0.39, 0.29) is 6.04 Å². The summed E-state index contributed by atoms with van der Waals surface area (Å²) in [6.07, 6.45) is 2.28. The predicted molar refractivity (Wildman–Crippen MR) is 116 cm³/mol. The van der Waals surface area contributed by atoms with Crippen LogP contribution in [0.3, 0.4) is 0 Å². The lowest BCUT2D eigenvalue weighted by Crippen LogP contribution is -2.56. The van der Waals surface area contributed by atoms with Gasteiger partial charge in [-0.25, -0.2) is 4.98 Å². The van der Waals surface area contributed by atoms with E-state index in [2.05, 4.69) is 56.5 Å². The summed E-state index contributed by atoms with van der Waals surface area (Å²) in [5.41, 5.74) is 5.85. The molecule has 2 aromatic rings. The molecule has 0 saturated carbocycles. The first-order valence-corrected chi connectivity index (χ1v) is 10.1. The number of piperazine rings is 1. The second-order valence-electron chi connectivity index (χ2n) is 6.90. The van der Waals surface area contributed by atoms with E-state index >= 15 is 0 Å². The minimum absolute atomic E-state index is 0.285. The topological polar surface area (TPSA) is 53.0 Å². The molecule has 1 N–H and O–H groups in total. The number of aromatic nitrogens is 1. The van der Waals surface area contributed by atoms with E-state index in [1.165, 1.54) is 5.69 Å². The summed E-state index contributed by atoms with van der Waals surface area (Å²) >= 11 is 11.6. The highest BCUT2D eigenvalue weighted by atomic mass is 35.5. The van der Waals surface area contributed by atoms with Gasteiger partial charge in [-0.1, -0.05) is 29.8 Å². The number of hydrogen-bond acceptors (Lipinski definition) is 5. The molecule has 2 aliphatic rings. The summed E-state index contributed by atoms with van der Waals surface area (Å²) < 4.78 is 5.62. The van der Waals surface area contributed by atoms with Crippen molar-refractivity contribution >= 4 is 40.3 Å². The molecule has 1 atom stereocenters. The Labute approximate surface area is 175 Å². The summed E-state index contributed by atoms with van der Waals surface area (Å²) in [5, 5.41) is 5.71. The van der Waals surface area contributed by atoms with Crippen molar-refractivity contribution in [2.75, 3.05) is 31.1 Å². The molecule has 8 heteroatoms. The Hall–Kier alpha value is -2.38. The first-order valence-electron chi connectivity index (χ1n) is 9.33. The average Bonchev–Trinajstić information content (AvgIpc) is 2.72. The molecule has 0 radical (unpaired) electrons. The Balaban J connectivity index is 1.41. The molecule has 2 aliphatic heterocycles. The first-order chi connectivity index (χ1) is 13.6. The number of benzene rings is 1. The summed E-state index contributed by atoms with van der Waals surface area (Å²) in [7, 11) is 0. The number of hydrazone groups is 1. The number of thiocarbonyl (C=S) groups is 1. The predicted octanol–water partition coefficient (Wildman–Crippen LogP) is 3.31. The van der Waals surface area contributed by atoms with Crippen molar-refractivity contribution in [3.05, 3.63) is 53.3 Å². The molecule has 1 saturated heterocycles. The van der Waals surface area contributed by atoms with Gasteiger partial charge in [0, 0.05) is 50.0 Å². The van der Waals surface area contributed by atoms with Crippen LogP contribution in [0.5, 0.6) is 5.75 Å². The Morgan fingerprint density at radius 3 is 2.93 bits per heavy atom. The van der Waals surface area contributed by atoms with Crippen LogP contribution in [0.4, 0.5) is 5.69 Å². The molecule has 0 bridgehead atoms. The minimum atomic E-state index is 0.285. The number of pyridine rings is 1. The molecule has 6 nitrogen and oxygen atoms in total. The van der Waals surface area contributed by atoms with E-state index in [4.69, 9.17) is 28.6 Å². The monoisotopic (exact) mass is 415 g/mol. The van der Waals surface area contributed by atoms with E-state index in [1.807, 2.05) is 6.07 Å². The molecule has 0 amide bonds. The van der Waals surface area contributed by atoms with Gasteiger partial charge < -0.3 is 14.5 Å². The van der Waals surface area contributed by atoms with E-state index in [0.29, 0.717) is 34.6 Å². The molecule has 146 valence electrons. The average molecular weight is 416 g/mol. The third-order valence-corrected chi connectivity index (χ3v) is 5.52. The fourth-order valence-electron chi connectivity index (χ4n) is 3.54. The highest BCUT2D eigenvalue weighted by Gasteiger charge is 2.26. The van der Waals surface area contributed by atoms with Crippen LogP contribution < -0.4 is 15.1 Å². The highest BCUT2D eigenvalue weighted by Crippen LogP contribution is 2.26. The smallest absolute Gasteiger partial charge is 0.189 e. The molecule has 4 rings (SSSR count). The SMILES string of the molecule is CC1CN(c2ccccc2)CCN1C(=S)N/N=C1/CCOc2cc(Cl)cnc21. The third-order valence-electron chi connectivity index (χ3n) is 4.99. The van der Waals surface area contributed by atoms with E-state index in [0.717, 1.165) is 25.3 Å². The molecular formula is C20H22ClN5OS. The van der Waals surface area contributed by atoms with Crippen molar-refractivity contribution in [3.63, 3.8) is 0 Å². The quantitative estimate of drug-likeness (QED) is 0.600. The normalized spacial score (nSPS) is 20.5. The van der Waals surface area contributed by atoms with E-state index in [1.54, 1.807) is 12.3 Å². The number of hydrogen-bond donors (Lipinski definition) is 1. The number of nitrogens with one attached hydrogen (secondary N) is 1. The van der Waals surface area contributed by atoms with Gasteiger partial charge in [0.1, 0.15) is 11.4 Å². The van der Waals surface area contributed by atoms with Crippen molar-refractivity contribution in [2.45, 2.75) is 19.4 Å². The van der Waals surface area contributed by atoms with Crippen LogP contribution in [-0.4, -0.2) is 53.0 Å². The molecular weight excluding hydrogens is 394 g/mol. The number of anilines is 1. The zero-order valence-electron chi connectivity index (χ0n) is 15.6. The maximum atomic E-state index is 6.00. The Kier molecular flexibility index (Phi) is 5.64. The van der Waals surface area contributed by atoms with Crippen molar-refractivity contribution in [3.8, 4) is 5.75 Å². The summed E-state index contributed by atoms with van der Waals surface area (Å²) in [6.45, 7) is 5.42. The maximum Gasteiger partial charge on any atom is 0.189 e. The molecule has 0 aliphatic carbocycles.